The highest BCUT2D eigenvalue weighted by Crippen LogP contribution is 2.57. The number of hydrogen-bond acceptors (Lipinski definition) is 3. The van der Waals surface area contributed by atoms with E-state index in [0.717, 1.165) is 84.5 Å². The molecule has 0 aromatic heterocycles. The zero-order valence-corrected chi connectivity index (χ0v) is 25.2. The number of piperidine rings is 3. The molecule has 0 saturated carbocycles. The first kappa shape index (κ1) is 29.4. The van der Waals surface area contributed by atoms with E-state index >= 15 is 0 Å². The molecule has 0 spiro atoms. The number of fused-ring (bicyclic) bond motifs is 3. The van der Waals surface area contributed by atoms with Crippen LogP contribution in [0.25, 0.3) is 0 Å². The number of nitrogens with zero attached hydrogens (tertiary/aromatic N) is 1. The Morgan fingerprint density at radius 3 is 1.61 bits per heavy atom. The fourth-order valence-electron chi connectivity index (χ4n) is 7.04. The van der Waals surface area contributed by atoms with Gasteiger partial charge in [0.15, 0.2) is 0 Å². The number of aliphatic hydroxyl groups is 1. The Kier molecular flexibility index (Phi) is 9.18. The second-order valence-corrected chi connectivity index (χ2v) is 11.7. The predicted molar refractivity (Wildman–Crippen MR) is 159 cm³/mol. The molecule has 0 amide bonds. The number of quaternary nitrogens is 1. The Morgan fingerprint density at radius 1 is 0.634 bits per heavy atom. The third-order valence-corrected chi connectivity index (χ3v) is 9.46. The molecule has 3 heterocycles. The van der Waals surface area contributed by atoms with E-state index < -0.39 is 5.60 Å². The smallest absolute Gasteiger partial charge is 0.121 e. The summed E-state index contributed by atoms with van der Waals surface area (Å²) in [4.78, 5) is 0. The Bertz CT molecular complexity index is 1300. The molecule has 214 valence electrons. The SMILES string of the molecule is OC(c1ccccc1)(c1ccccc1)C12CC[N+](CCCOc3ccc(OCc4ccccc4)cc3)(CC1)CC2.[Br-]. The first-order valence-electron chi connectivity index (χ1n) is 14.7. The molecule has 3 aliphatic rings. The fourth-order valence-corrected chi connectivity index (χ4v) is 7.04. The molecule has 1 N–H and O–H groups in total. The summed E-state index contributed by atoms with van der Waals surface area (Å²) in [6, 6.07) is 38.9. The maximum Gasteiger partial charge on any atom is 0.121 e. The van der Waals surface area contributed by atoms with Crippen LogP contribution in [-0.2, 0) is 12.2 Å². The second kappa shape index (κ2) is 12.8. The lowest BCUT2D eigenvalue weighted by atomic mass is 9.56. The van der Waals surface area contributed by atoms with Crippen molar-refractivity contribution in [2.45, 2.75) is 37.9 Å². The highest BCUT2D eigenvalue weighted by molar-refractivity contribution is 5.39. The van der Waals surface area contributed by atoms with Gasteiger partial charge in [-0.15, -0.1) is 0 Å². The predicted octanol–water partition coefficient (Wildman–Crippen LogP) is 3.98. The van der Waals surface area contributed by atoms with E-state index in [1.54, 1.807) is 0 Å². The van der Waals surface area contributed by atoms with Crippen molar-refractivity contribution in [3.05, 3.63) is 132 Å². The van der Waals surface area contributed by atoms with E-state index in [9.17, 15) is 5.11 Å². The van der Waals surface area contributed by atoms with Gasteiger partial charge in [0.05, 0.1) is 32.8 Å². The molecule has 0 aliphatic carbocycles. The second-order valence-electron chi connectivity index (χ2n) is 11.7. The normalized spacial score (nSPS) is 21.6. The van der Waals surface area contributed by atoms with E-state index in [-0.39, 0.29) is 22.4 Å². The summed E-state index contributed by atoms with van der Waals surface area (Å²) >= 11 is 0. The maximum atomic E-state index is 12.6. The largest absolute Gasteiger partial charge is 1.00 e. The molecule has 4 aromatic carbocycles. The van der Waals surface area contributed by atoms with Crippen LogP contribution in [0.5, 0.6) is 11.5 Å². The number of ether oxygens (including phenoxy) is 2. The molecule has 0 unspecified atom stereocenters. The molecular formula is C36H40BrNO3. The molecule has 4 aromatic rings. The van der Waals surface area contributed by atoms with Crippen molar-refractivity contribution in [1.82, 2.24) is 0 Å². The van der Waals surface area contributed by atoms with Crippen molar-refractivity contribution in [1.29, 1.82) is 0 Å². The van der Waals surface area contributed by atoms with Gasteiger partial charge in [0.2, 0.25) is 0 Å². The summed E-state index contributed by atoms with van der Waals surface area (Å²) in [6.07, 6.45) is 4.15. The van der Waals surface area contributed by atoms with E-state index in [2.05, 4.69) is 60.7 Å². The first-order chi connectivity index (χ1) is 19.6. The van der Waals surface area contributed by atoms with Crippen molar-refractivity contribution >= 4 is 0 Å². The van der Waals surface area contributed by atoms with E-state index in [0.29, 0.717) is 13.2 Å². The third-order valence-electron chi connectivity index (χ3n) is 9.46. The Hall–Kier alpha value is -3.12. The first-order valence-corrected chi connectivity index (χ1v) is 14.7. The fraction of sp³-hybridized carbons (Fsp3) is 0.333. The van der Waals surface area contributed by atoms with Crippen molar-refractivity contribution in [2.75, 3.05) is 32.8 Å². The minimum absolute atomic E-state index is 0. The Morgan fingerprint density at radius 2 is 1.10 bits per heavy atom. The van der Waals surface area contributed by atoms with Gasteiger partial charge >= 0.3 is 0 Å². The van der Waals surface area contributed by atoms with Crippen LogP contribution < -0.4 is 26.5 Å². The van der Waals surface area contributed by atoms with Crippen molar-refractivity contribution < 1.29 is 36.0 Å². The van der Waals surface area contributed by atoms with Gasteiger partial charge in [-0.1, -0.05) is 91.0 Å². The van der Waals surface area contributed by atoms with Gasteiger partial charge in [-0.3, -0.25) is 0 Å². The topological polar surface area (TPSA) is 38.7 Å². The van der Waals surface area contributed by atoms with Gasteiger partial charge in [-0.25, -0.2) is 0 Å². The molecule has 2 bridgehead atoms. The van der Waals surface area contributed by atoms with Crippen molar-refractivity contribution in [3.8, 4) is 11.5 Å². The van der Waals surface area contributed by atoms with Gasteiger partial charge in [0.25, 0.3) is 0 Å². The summed E-state index contributed by atoms with van der Waals surface area (Å²) in [5.41, 5.74) is 2.11. The maximum absolute atomic E-state index is 12.6. The van der Waals surface area contributed by atoms with Crippen LogP contribution in [0.15, 0.2) is 115 Å². The summed E-state index contributed by atoms with van der Waals surface area (Å²) < 4.78 is 13.1. The quantitative estimate of drug-likeness (QED) is 0.205. The van der Waals surface area contributed by atoms with Crippen molar-refractivity contribution in [3.63, 3.8) is 0 Å². The van der Waals surface area contributed by atoms with Crippen LogP contribution in [0.3, 0.4) is 0 Å². The van der Waals surface area contributed by atoms with Crippen LogP contribution in [0.1, 0.15) is 42.4 Å². The molecule has 0 radical (unpaired) electrons. The molecule has 4 nitrogen and oxygen atoms in total. The molecule has 0 atom stereocenters. The summed E-state index contributed by atoms with van der Waals surface area (Å²) in [5, 5.41) is 12.6. The standard InChI is InChI=1S/C36H40NO3.BrH/c38-36(31-13-6-2-7-14-31,32-15-8-3-9-16-32)35-21-25-37(26-22-35,27-23-35)24-10-28-39-33-17-19-34(20-18-33)40-29-30-11-4-1-5-12-30;/h1-9,11-20,38H,10,21-29H2;1H/q+1;/p-1. The van der Waals surface area contributed by atoms with E-state index in [4.69, 9.17) is 9.47 Å². The average Bonchev–Trinajstić information content (AvgIpc) is 3.04. The molecular weight excluding hydrogens is 574 g/mol. The Labute approximate surface area is 254 Å². The lowest BCUT2D eigenvalue weighted by molar-refractivity contribution is -0.946. The molecule has 3 saturated heterocycles. The number of rotatable bonds is 11. The highest BCUT2D eigenvalue weighted by Gasteiger charge is 2.60. The molecule has 5 heteroatoms. The zero-order valence-electron chi connectivity index (χ0n) is 23.6. The molecule has 41 heavy (non-hydrogen) atoms. The number of halogens is 1. The lowest BCUT2D eigenvalue weighted by Crippen LogP contribution is -3.00. The zero-order chi connectivity index (χ0) is 27.3. The van der Waals surface area contributed by atoms with Crippen LogP contribution in [0, 0.1) is 5.41 Å². The van der Waals surface area contributed by atoms with E-state index in [1.165, 1.54) is 0 Å². The monoisotopic (exact) mass is 613 g/mol. The van der Waals surface area contributed by atoms with Gasteiger partial charge in [0.1, 0.15) is 23.7 Å². The molecule has 3 fully saturated rings. The lowest BCUT2D eigenvalue weighted by Gasteiger charge is -2.60. The minimum atomic E-state index is -0.966. The van der Waals surface area contributed by atoms with Crippen LogP contribution >= 0.6 is 0 Å². The van der Waals surface area contributed by atoms with Gasteiger partial charge in [-0.2, -0.15) is 0 Å². The summed E-state index contributed by atoms with van der Waals surface area (Å²) in [5.74, 6) is 1.74. The van der Waals surface area contributed by atoms with Gasteiger partial charge < -0.3 is 36.0 Å². The summed E-state index contributed by atoms with van der Waals surface area (Å²) in [7, 11) is 0. The summed E-state index contributed by atoms with van der Waals surface area (Å²) in [6.45, 7) is 5.77. The molecule has 3 aliphatic heterocycles. The average molecular weight is 615 g/mol. The highest BCUT2D eigenvalue weighted by atomic mass is 79.9. The van der Waals surface area contributed by atoms with E-state index in [1.807, 2.05) is 54.6 Å². The molecule has 7 rings (SSSR count). The van der Waals surface area contributed by atoms with Crippen LogP contribution in [-0.4, -0.2) is 42.4 Å². The van der Waals surface area contributed by atoms with Crippen molar-refractivity contribution in [2.24, 2.45) is 5.41 Å². The Balaban J connectivity index is 0.00000337. The van der Waals surface area contributed by atoms with Gasteiger partial charge in [0, 0.05) is 31.1 Å². The van der Waals surface area contributed by atoms with Crippen LogP contribution in [0.4, 0.5) is 0 Å². The third kappa shape index (κ3) is 6.08. The minimum Gasteiger partial charge on any atom is -1.00 e. The number of hydrogen-bond donors (Lipinski definition) is 1. The van der Waals surface area contributed by atoms with Crippen LogP contribution in [0.2, 0.25) is 0 Å². The number of benzene rings is 4. The van der Waals surface area contributed by atoms with Gasteiger partial charge in [-0.05, 0) is 41.0 Å².